The topological polar surface area (TPSA) is 80.5 Å². The summed E-state index contributed by atoms with van der Waals surface area (Å²) in [6.07, 6.45) is 0. The van der Waals surface area contributed by atoms with Crippen molar-refractivity contribution in [3.05, 3.63) is 51.6 Å². The van der Waals surface area contributed by atoms with E-state index in [-0.39, 0.29) is 9.90 Å². The number of thiophene rings is 1. The summed E-state index contributed by atoms with van der Waals surface area (Å²) in [5, 5.41) is 12.3. The predicted octanol–water partition coefficient (Wildman–Crippen LogP) is 2.62. The molecule has 0 saturated carbocycles. The van der Waals surface area contributed by atoms with E-state index in [9.17, 15) is 22.9 Å². The second kappa shape index (κ2) is 5.17. The first-order valence-electron chi connectivity index (χ1n) is 5.30. The summed E-state index contributed by atoms with van der Waals surface area (Å²) in [6, 6.07) is 5.94. The molecule has 0 aliphatic carbocycles. The molecule has 1 aromatic heterocycles. The molecule has 1 heterocycles. The summed E-state index contributed by atoms with van der Waals surface area (Å²) >= 11 is 1.03. The van der Waals surface area contributed by atoms with Crippen LogP contribution in [0.1, 0.15) is 0 Å². The Morgan fingerprint density at radius 1 is 1.35 bits per heavy atom. The molecule has 0 N–H and O–H groups in total. The molecule has 0 aliphatic rings. The van der Waals surface area contributed by atoms with Crippen LogP contribution in [0.3, 0.4) is 0 Å². The Kier molecular flexibility index (Phi) is 3.73. The van der Waals surface area contributed by atoms with E-state index >= 15 is 0 Å². The Morgan fingerprint density at radius 3 is 2.60 bits per heavy atom. The molecule has 9 heteroatoms. The normalized spacial score (nSPS) is 11.3. The molecule has 0 unspecified atom stereocenters. The maximum absolute atomic E-state index is 13.2. The van der Waals surface area contributed by atoms with Gasteiger partial charge in [-0.25, -0.2) is 8.42 Å². The molecule has 0 radical (unpaired) electrons. The van der Waals surface area contributed by atoms with E-state index < -0.39 is 26.5 Å². The van der Waals surface area contributed by atoms with Crippen molar-refractivity contribution in [3.63, 3.8) is 0 Å². The van der Waals surface area contributed by atoms with Crippen LogP contribution in [0.5, 0.6) is 0 Å². The number of benzene rings is 1. The van der Waals surface area contributed by atoms with E-state index in [0.29, 0.717) is 0 Å². The standard InChI is InChI=1S/C11H9FN2O4S2/c1-13(20(17,18)11-3-2-6-19-11)8-4-5-9(12)10(7-8)14(15)16/h2-7H,1H3. The highest BCUT2D eigenvalue weighted by atomic mass is 32.2. The van der Waals surface area contributed by atoms with Gasteiger partial charge in [-0.2, -0.15) is 4.39 Å². The van der Waals surface area contributed by atoms with E-state index in [2.05, 4.69) is 0 Å². The lowest BCUT2D eigenvalue weighted by molar-refractivity contribution is -0.387. The van der Waals surface area contributed by atoms with Gasteiger partial charge >= 0.3 is 5.69 Å². The van der Waals surface area contributed by atoms with Crippen LogP contribution < -0.4 is 4.31 Å². The summed E-state index contributed by atoms with van der Waals surface area (Å²) in [4.78, 5) is 9.78. The van der Waals surface area contributed by atoms with Gasteiger partial charge in [0.15, 0.2) is 0 Å². The molecule has 0 fully saturated rings. The van der Waals surface area contributed by atoms with Gasteiger partial charge in [0.2, 0.25) is 5.82 Å². The highest BCUT2D eigenvalue weighted by molar-refractivity contribution is 7.94. The van der Waals surface area contributed by atoms with Crippen molar-refractivity contribution in [2.45, 2.75) is 4.21 Å². The van der Waals surface area contributed by atoms with E-state index in [4.69, 9.17) is 0 Å². The van der Waals surface area contributed by atoms with Gasteiger partial charge in [-0.05, 0) is 23.6 Å². The molecule has 6 nitrogen and oxygen atoms in total. The summed E-state index contributed by atoms with van der Waals surface area (Å²) in [5.74, 6) is -1.01. The minimum absolute atomic E-state index is 0.0199. The lowest BCUT2D eigenvalue weighted by Gasteiger charge is -2.18. The van der Waals surface area contributed by atoms with E-state index in [1.54, 1.807) is 11.4 Å². The van der Waals surface area contributed by atoms with Crippen molar-refractivity contribution in [1.29, 1.82) is 0 Å². The lowest BCUT2D eigenvalue weighted by atomic mass is 10.2. The molecule has 0 amide bonds. The maximum atomic E-state index is 13.2. The van der Waals surface area contributed by atoms with Gasteiger partial charge in [-0.1, -0.05) is 6.07 Å². The number of rotatable bonds is 4. The first-order chi connectivity index (χ1) is 9.34. The van der Waals surface area contributed by atoms with Gasteiger partial charge < -0.3 is 0 Å². The molecule has 20 heavy (non-hydrogen) atoms. The molecule has 1 aromatic carbocycles. The van der Waals surface area contributed by atoms with Gasteiger partial charge in [0.05, 0.1) is 10.6 Å². The Balaban J connectivity index is 2.47. The fraction of sp³-hybridized carbons (Fsp3) is 0.0909. The van der Waals surface area contributed by atoms with Gasteiger partial charge in [0, 0.05) is 13.1 Å². The Labute approximate surface area is 118 Å². The molecule has 0 saturated heterocycles. The fourth-order valence-electron chi connectivity index (χ4n) is 1.52. The number of halogens is 1. The highest BCUT2D eigenvalue weighted by Gasteiger charge is 2.24. The van der Waals surface area contributed by atoms with Crippen LogP contribution in [0.25, 0.3) is 0 Å². The van der Waals surface area contributed by atoms with Crippen molar-refractivity contribution < 1.29 is 17.7 Å². The zero-order valence-electron chi connectivity index (χ0n) is 10.2. The third-order valence-corrected chi connectivity index (χ3v) is 5.76. The van der Waals surface area contributed by atoms with Crippen LogP contribution in [-0.2, 0) is 10.0 Å². The molecule has 106 valence electrons. The highest BCUT2D eigenvalue weighted by Crippen LogP contribution is 2.28. The molecule has 0 atom stereocenters. The number of nitro groups is 1. The van der Waals surface area contributed by atoms with Crippen LogP contribution in [0.2, 0.25) is 0 Å². The summed E-state index contributed by atoms with van der Waals surface area (Å²) in [5.41, 5.74) is -0.748. The number of hydrogen-bond donors (Lipinski definition) is 0. The third-order valence-electron chi connectivity index (χ3n) is 2.60. The average Bonchev–Trinajstić information content (AvgIpc) is 2.92. The molecule has 0 spiro atoms. The smallest absolute Gasteiger partial charge is 0.268 e. The van der Waals surface area contributed by atoms with E-state index in [0.717, 1.165) is 27.8 Å². The average molecular weight is 316 g/mol. The van der Waals surface area contributed by atoms with Crippen molar-refractivity contribution in [2.75, 3.05) is 11.4 Å². The summed E-state index contributed by atoms with van der Waals surface area (Å²) < 4.78 is 38.7. The molecule has 0 bridgehead atoms. The maximum Gasteiger partial charge on any atom is 0.306 e. The van der Waals surface area contributed by atoms with Crippen LogP contribution >= 0.6 is 11.3 Å². The monoisotopic (exact) mass is 316 g/mol. The van der Waals surface area contributed by atoms with Crippen LogP contribution in [-0.4, -0.2) is 20.4 Å². The molecule has 2 rings (SSSR count). The van der Waals surface area contributed by atoms with Crippen LogP contribution in [0, 0.1) is 15.9 Å². The molecule has 0 aliphatic heterocycles. The minimum atomic E-state index is -3.80. The summed E-state index contributed by atoms with van der Waals surface area (Å²) in [6.45, 7) is 0. The third kappa shape index (κ3) is 2.49. The van der Waals surface area contributed by atoms with E-state index in [1.807, 2.05) is 0 Å². The lowest BCUT2D eigenvalue weighted by Crippen LogP contribution is -2.25. The van der Waals surface area contributed by atoms with Crippen molar-refractivity contribution in [3.8, 4) is 0 Å². The Bertz CT molecular complexity index is 744. The molecular weight excluding hydrogens is 307 g/mol. The second-order valence-electron chi connectivity index (χ2n) is 3.80. The molecule has 2 aromatic rings. The molecular formula is C11H9FN2O4S2. The van der Waals surface area contributed by atoms with E-state index in [1.165, 1.54) is 19.2 Å². The number of nitro benzene ring substituents is 1. The van der Waals surface area contributed by atoms with Gasteiger partial charge in [0.1, 0.15) is 4.21 Å². The Hall–Kier alpha value is -2.00. The van der Waals surface area contributed by atoms with Gasteiger partial charge in [0.25, 0.3) is 10.0 Å². The van der Waals surface area contributed by atoms with Crippen molar-refractivity contribution in [2.24, 2.45) is 0 Å². The first-order valence-corrected chi connectivity index (χ1v) is 7.62. The number of anilines is 1. The largest absolute Gasteiger partial charge is 0.306 e. The summed E-state index contributed by atoms with van der Waals surface area (Å²) in [7, 11) is -2.54. The van der Waals surface area contributed by atoms with Gasteiger partial charge in [-0.15, -0.1) is 11.3 Å². The number of nitrogens with zero attached hydrogens (tertiary/aromatic N) is 2. The second-order valence-corrected chi connectivity index (χ2v) is 6.94. The van der Waals surface area contributed by atoms with Crippen molar-refractivity contribution in [1.82, 2.24) is 0 Å². The number of hydrogen-bond acceptors (Lipinski definition) is 5. The fourth-order valence-corrected chi connectivity index (χ4v) is 3.87. The SMILES string of the molecule is CN(c1ccc(F)c([N+](=O)[O-])c1)S(=O)(=O)c1cccs1. The first kappa shape index (κ1) is 14.4. The zero-order valence-corrected chi connectivity index (χ0v) is 11.8. The quantitative estimate of drug-likeness (QED) is 0.641. The van der Waals surface area contributed by atoms with Crippen molar-refractivity contribution >= 4 is 32.7 Å². The predicted molar refractivity (Wildman–Crippen MR) is 73.0 cm³/mol. The number of sulfonamides is 1. The minimum Gasteiger partial charge on any atom is -0.268 e. The van der Waals surface area contributed by atoms with Gasteiger partial charge in [-0.3, -0.25) is 14.4 Å². The van der Waals surface area contributed by atoms with Crippen LogP contribution in [0.15, 0.2) is 39.9 Å². The van der Waals surface area contributed by atoms with Crippen LogP contribution in [0.4, 0.5) is 15.8 Å². The zero-order chi connectivity index (χ0) is 14.9. The Morgan fingerprint density at radius 2 is 2.05 bits per heavy atom.